The normalized spacial score (nSPS) is 10.8. The molecule has 0 aliphatic heterocycles. The van der Waals surface area contributed by atoms with Gasteiger partial charge in [-0.1, -0.05) is 0 Å². The van der Waals surface area contributed by atoms with E-state index in [4.69, 9.17) is 0 Å². The summed E-state index contributed by atoms with van der Waals surface area (Å²) >= 11 is 0. The summed E-state index contributed by atoms with van der Waals surface area (Å²) in [4.78, 5) is 27.4. The number of rotatable bonds is 6. The number of benzene rings is 1. The Bertz CT molecular complexity index is 940. The van der Waals surface area contributed by atoms with Gasteiger partial charge in [0.1, 0.15) is 12.1 Å². The molecule has 0 fully saturated rings. The molecule has 1 N–H and O–H groups in total. The van der Waals surface area contributed by atoms with Crippen LogP contribution in [0.2, 0.25) is 0 Å². The maximum atomic E-state index is 12.0. The molecule has 0 aliphatic rings. The fourth-order valence-corrected chi connectivity index (χ4v) is 3.18. The largest absolute Gasteiger partial charge is 0.370 e. The maximum absolute atomic E-state index is 12.0. The minimum Gasteiger partial charge on any atom is -0.370 e. The maximum Gasteiger partial charge on any atom is 0.161 e. The van der Waals surface area contributed by atoms with Crippen molar-refractivity contribution in [1.29, 1.82) is 0 Å². The third-order valence-corrected chi connectivity index (χ3v) is 4.27. The van der Waals surface area contributed by atoms with Gasteiger partial charge in [0, 0.05) is 35.5 Å². The first-order chi connectivity index (χ1) is 12.0. The molecule has 0 saturated carbocycles. The Morgan fingerprint density at radius 2 is 2.08 bits per heavy atom. The average molecular weight is 335 g/mol. The Kier molecular flexibility index (Phi) is 4.65. The molecular formula is C20H21N3O2. The van der Waals surface area contributed by atoms with E-state index in [1.165, 1.54) is 0 Å². The van der Waals surface area contributed by atoms with Crippen LogP contribution in [0.5, 0.6) is 0 Å². The number of anilines is 1. The lowest BCUT2D eigenvalue weighted by Crippen LogP contribution is -1.99. The summed E-state index contributed by atoms with van der Waals surface area (Å²) in [6.45, 7) is 6.64. The van der Waals surface area contributed by atoms with Crippen molar-refractivity contribution in [3.63, 3.8) is 0 Å². The van der Waals surface area contributed by atoms with E-state index in [9.17, 15) is 9.59 Å². The predicted octanol–water partition coefficient (Wildman–Crippen LogP) is 3.85. The van der Waals surface area contributed by atoms with Gasteiger partial charge in [-0.25, -0.2) is 4.98 Å². The standard InChI is InChI=1S/C20H21N3O2/c1-4-21-19-6-5-15(11-22-19)16-9-13(2)20-17(10-16)18(14(3)25)12-23(20)7-8-24/h5-6,8-12H,4,7H2,1-3H3,(H,21,22). The van der Waals surface area contributed by atoms with Gasteiger partial charge in [0.05, 0.1) is 12.1 Å². The van der Waals surface area contributed by atoms with Gasteiger partial charge in [0.15, 0.2) is 5.78 Å². The monoisotopic (exact) mass is 335 g/mol. The van der Waals surface area contributed by atoms with E-state index in [0.29, 0.717) is 5.56 Å². The third-order valence-electron chi connectivity index (χ3n) is 4.27. The summed E-state index contributed by atoms with van der Waals surface area (Å²) in [6.07, 6.45) is 4.44. The van der Waals surface area contributed by atoms with Gasteiger partial charge in [-0.2, -0.15) is 0 Å². The molecule has 0 radical (unpaired) electrons. The molecule has 1 aromatic carbocycles. The number of fused-ring (bicyclic) bond motifs is 1. The first kappa shape index (κ1) is 16.9. The van der Waals surface area contributed by atoms with E-state index < -0.39 is 0 Å². The van der Waals surface area contributed by atoms with Crippen molar-refractivity contribution < 1.29 is 9.59 Å². The van der Waals surface area contributed by atoms with E-state index in [2.05, 4.69) is 16.4 Å². The van der Waals surface area contributed by atoms with Gasteiger partial charge >= 0.3 is 0 Å². The number of Topliss-reactive ketones (excluding diaryl/α,β-unsaturated/α-hetero) is 1. The molecular weight excluding hydrogens is 314 g/mol. The Hall–Kier alpha value is -2.95. The molecule has 2 aromatic heterocycles. The van der Waals surface area contributed by atoms with Crippen molar-refractivity contribution in [2.24, 2.45) is 0 Å². The van der Waals surface area contributed by atoms with E-state index >= 15 is 0 Å². The fraction of sp³-hybridized carbons (Fsp3) is 0.250. The Morgan fingerprint density at radius 1 is 1.28 bits per heavy atom. The molecule has 5 heteroatoms. The second-order valence-electron chi connectivity index (χ2n) is 6.07. The van der Waals surface area contributed by atoms with Gasteiger partial charge in [0.2, 0.25) is 0 Å². The van der Waals surface area contributed by atoms with Crippen molar-refractivity contribution in [2.75, 3.05) is 11.9 Å². The molecule has 128 valence electrons. The molecule has 0 bridgehead atoms. The van der Waals surface area contributed by atoms with Crippen LogP contribution in [0.3, 0.4) is 0 Å². The van der Waals surface area contributed by atoms with Gasteiger partial charge in [-0.05, 0) is 56.2 Å². The summed E-state index contributed by atoms with van der Waals surface area (Å²) < 4.78 is 1.84. The highest BCUT2D eigenvalue weighted by Gasteiger charge is 2.15. The molecule has 0 unspecified atom stereocenters. The summed E-state index contributed by atoms with van der Waals surface area (Å²) in [6, 6.07) is 8.03. The van der Waals surface area contributed by atoms with Crippen LogP contribution in [0.25, 0.3) is 22.0 Å². The Balaban J connectivity index is 2.16. The SMILES string of the molecule is CCNc1ccc(-c2cc(C)c3c(c2)c(C(C)=O)cn3CC=O)cn1. The van der Waals surface area contributed by atoms with Crippen LogP contribution in [-0.2, 0) is 11.3 Å². The quantitative estimate of drug-likeness (QED) is 0.549. The molecule has 25 heavy (non-hydrogen) atoms. The lowest BCUT2D eigenvalue weighted by molar-refractivity contribution is -0.108. The predicted molar refractivity (Wildman–Crippen MR) is 100 cm³/mol. The molecule has 0 spiro atoms. The summed E-state index contributed by atoms with van der Waals surface area (Å²) in [5.74, 6) is 0.831. The van der Waals surface area contributed by atoms with Crippen LogP contribution in [-0.4, -0.2) is 28.2 Å². The van der Waals surface area contributed by atoms with Crippen molar-refractivity contribution in [3.05, 3.63) is 47.8 Å². The topological polar surface area (TPSA) is 64.0 Å². The third kappa shape index (κ3) is 3.18. The lowest BCUT2D eigenvalue weighted by atomic mass is 9.99. The van der Waals surface area contributed by atoms with E-state index in [0.717, 1.165) is 46.2 Å². The van der Waals surface area contributed by atoms with Gasteiger partial charge < -0.3 is 14.7 Å². The first-order valence-electron chi connectivity index (χ1n) is 8.33. The van der Waals surface area contributed by atoms with Crippen LogP contribution in [0.1, 0.15) is 29.8 Å². The van der Waals surface area contributed by atoms with Gasteiger partial charge in [0.25, 0.3) is 0 Å². The first-order valence-corrected chi connectivity index (χ1v) is 8.33. The van der Waals surface area contributed by atoms with Crippen molar-refractivity contribution >= 4 is 28.8 Å². The van der Waals surface area contributed by atoms with Crippen molar-refractivity contribution in [3.8, 4) is 11.1 Å². The van der Waals surface area contributed by atoms with Crippen LogP contribution >= 0.6 is 0 Å². The Morgan fingerprint density at radius 3 is 2.68 bits per heavy atom. The highest BCUT2D eigenvalue weighted by atomic mass is 16.1. The van der Waals surface area contributed by atoms with Crippen LogP contribution in [0.4, 0.5) is 5.82 Å². The fourth-order valence-electron chi connectivity index (χ4n) is 3.18. The molecule has 2 heterocycles. The number of aryl methyl sites for hydroxylation is 1. The number of ketones is 1. The highest BCUT2D eigenvalue weighted by molar-refractivity contribution is 6.08. The minimum atomic E-state index is -0.00758. The summed E-state index contributed by atoms with van der Waals surface area (Å²) in [5.41, 5.74) is 4.59. The van der Waals surface area contributed by atoms with Crippen LogP contribution in [0, 0.1) is 6.92 Å². The number of hydrogen-bond acceptors (Lipinski definition) is 4. The number of hydrogen-bond donors (Lipinski definition) is 1. The second kappa shape index (κ2) is 6.89. The average Bonchev–Trinajstić information content (AvgIpc) is 2.95. The van der Waals surface area contributed by atoms with Crippen LogP contribution < -0.4 is 5.32 Å². The van der Waals surface area contributed by atoms with E-state index in [1.807, 2.05) is 42.8 Å². The number of aromatic nitrogens is 2. The summed E-state index contributed by atoms with van der Waals surface area (Å²) in [5, 5.41) is 4.05. The molecule has 5 nitrogen and oxygen atoms in total. The van der Waals surface area contributed by atoms with Crippen LogP contribution in [0.15, 0.2) is 36.7 Å². The molecule has 0 atom stereocenters. The zero-order valence-electron chi connectivity index (χ0n) is 14.7. The van der Waals surface area contributed by atoms with Crippen molar-refractivity contribution in [2.45, 2.75) is 27.3 Å². The minimum absolute atomic E-state index is 0.00758. The zero-order valence-corrected chi connectivity index (χ0v) is 14.7. The molecule has 0 saturated heterocycles. The molecule has 0 amide bonds. The number of pyridine rings is 1. The lowest BCUT2D eigenvalue weighted by Gasteiger charge is -2.09. The zero-order chi connectivity index (χ0) is 18.0. The van der Waals surface area contributed by atoms with E-state index in [-0.39, 0.29) is 12.3 Å². The van der Waals surface area contributed by atoms with Gasteiger partial charge in [-0.15, -0.1) is 0 Å². The van der Waals surface area contributed by atoms with Gasteiger partial charge in [-0.3, -0.25) is 4.79 Å². The number of nitrogens with zero attached hydrogens (tertiary/aromatic N) is 2. The highest BCUT2D eigenvalue weighted by Crippen LogP contribution is 2.31. The second-order valence-corrected chi connectivity index (χ2v) is 6.07. The van der Waals surface area contributed by atoms with Crippen molar-refractivity contribution in [1.82, 2.24) is 9.55 Å². The molecule has 3 aromatic rings. The van der Waals surface area contributed by atoms with E-state index in [1.54, 1.807) is 13.1 Å². The number of carbonyl (C=O) groups excluding carboxylic acids is 2. The molecule has 3 rings (SSSR count). The summed E-state index contributed by atoms with van der Waals surface area (Å²) in [7, 11) is 0. The Labute approximate surface area is 146 Å². The smallest absolute Gasteiger partial charge is 0.161 e. The number of aldehydes is 1. The number of carbonyl (C=O) groups is 2. The number of nitrogens with one attached hydrogen (secondary N) is 1. The molecule has 0 aliphatic carbocycles.